The molecule has 1 unspecified atom stereocenters. The first-order valence-electron chi connectivity index (χ1n) is 9.19. The van der Waals surface area contributed by atoms with Gasteiger partial charge in [0, 0.05) is 10.9 Å². The number of nitrogens with two attached hydrogens (primary N) is 1. The number of pyridine rings is 1. The lowest BCUT2D eigenvalue weighted by molar-refractivity contribution is -0.139. The van der Waals surface area contributed by atoms with Crippen LogP contribution in [0.5, 0.6) is 11.5 Å². The average Bonchev–Trinajstić information content (AvgIpc) is 2.73. The van der Waals surface area contributed by atoms with Crippen LogP contribution in [0.15, 0.2) is 64.8 Å². The van der Waals surface area contributed by atoms with Crippen molar-refractivity contribution in [1.82, 2.24) is 4.98 Å². The van der Waals surface area contributed by atoms with E-state index in [-0.39, 0.29) is 29.2 Å². The number of para-hydroxylation sites is 2. The van der Waals surface area contributed by atoms with E-state index in [0.29, 0.717) is 28.0 Å². The summed E-state index contributed by atoms with van der Waals surface area (Å²) < 4.78 is 16.5. The van der Waals surface area contributed by atoms with E-state index in [9.17, 15) is 9.59 Å². The minimum atomic E-state index is -0.803. The molecule has 0 fully saturated rings. The first-order chi connectivity index (χ1) is 14.1. The summed E-state index contributed by atoms with van der Waals surface area (Å²) in [5.74, 6) is -0.692. The highest BCUT2D eigenvalue weighted by molar-refractivity contribution is 5.95. The normalized spacial score (nSPS) is 15.6. The molecule has 0 radical (unpaired) electrons. The number of aromatic amines is 1. The molecule has 29 heavy (non-hydrogen) atoms. The van der Waals surface area contributed by atoms with Crippen molar-refractivity contribution in [3.63, 3.8) is 0 Å². The van der Waals surface area contributed by atoms with E-state index in [1.54, 1.807) is 31.2 Å². The van der Waals surface area contributed by atoms with E-state index in [2.05, 4.69) is 4.98 Å². The Morgan fingerprint density at radius 1 is 1.17 bits per heavy atom. The van der Waals surface area contributed by atoms with Gasteiger partial charge in [-0.3, -0.25) is 4.79 Å². The van der Waals surface area contributed by atoms with Gasteiger partial charge in [0.25, 0.3) is 5.56 Å². The van der Waals surface area contributed by atoms with Gasteiger partial charge in [-0.2, -0.15) is 0 Å². The molecular formula is C22H20N2O5. The minimum Gasteiger partial charge on any atom is -0.496 e. The second-order valence-corrected chi connectivity index (χ2v) is 6.52. The molecule has 2 aromatic carbocycles. The average molecular weight is 392 g/mol. The van der Waals surface area contributed by atoms with Crippen molar-refractivity contribution in [2.75, 3.05) is 13.7 Å². The standard InChI is InChI=1S/C22H20N2O5/c1-3-28-22(26)18-16(13-9-5-7-11-15(13)27-2)17-19(29-20(18)23)12-8-4-6-10-14(12)24-21(17)25/h4-11,16H,3,23H2,1-2H3,(H,24,25). The Bertz CT molecular complexity index is 1200. The SMILES string of the molecule is CCOC(=O)C1=C(N)Oc2c(c(=O)[nH]c3ccccc23)C1c1ccccc1OC. The number of esters is 1. The lowest BCUT2D eigenvalue weighted by atomic mass is 9.82. The molecule has 1 atom stereocenters. The Balaban J connectivity index is 2.07. The third-order valence-electron chi connectivity index (χ3n) is 4.91. The largest absolute Gasteiger partial charge is 0.496 e. The molecule has 0 amide bonds. The zero-order valence-corrected chi connectivity index (χ0v) is 16.0. The van der Waals surface area contributed by atoms with Gasteiger partial charge in [-0.25, -0.2) is 4.79 Å². The summed E-state index contributed by atoms with van der Waals surface area (Å²) >= 11 is 0. The number of ether oxygens (including phenoxy) is 3. The fourth-order valence-electron chi connectivity index (χ4n) is 3.69. The summed E-state index contributed by atoms with van der Waals surface area (Å²) in [5.41, 5.74) is 7.40. The van der Waals surface area contributed by atoms with E-state index in [1.165, 1.54) is 7.11 Å². The molecule has 7 heteroatoms. The van der Waals surface area contributed by atoms with Crippen LogP contribution < -0.4 is 20.8 Å². The molecule has 148 valence electrons. The smallest absolute Gasteiger partial charge is 0.340 e. The van der Waals surface area contributed by atoms with Gasteiger partial charge in [0.05, 0.1) is 30.7 Å². The van der Waals surface area contributed by atoms with Crippen molar-refractivity contribution >= 4 is 16.9 Å². The van der Waals surface area contributed by atoms with Crippen LogP contribution in [-0.2, 0) is 9.53 Å². The van der Waals surface area contributed by atoms with Crippen LogP contribution in [0.25, 0.3) is 10.9 Å². The van der Waals surface area contributed by atoms with Crippen LogP contribution in [0.3, 0.4) is 0 Å². The van der Waals surface area contributed by atoms with E-state index in [0.717, 1.165) is 0 Å². The van der Waals surface area contributed by atoms with E-state index >= 15 is 0 Å². The number of fused-ring (bicyclic) bond motifs is 3. The molecule has 1 aliphatic rings. The molecule has 0 saturated heterocycles. The van der Waals surface area contributed by atoms with Gasteiger partial charge in [-0.15, -0.1) is 0 Å². The zero-order chi connectivity index (χ0) is 20.5. The van der Waals surface area contributed by atoms with Crippen LogP contribution in [0.2, 0.25) is 0 Å². The fraction of sp³-hybridized carbons (Fsp3) is 0.182. The summed E-state index contributed by atoms with van der Waals surface area (Å²) in [6, 6.07) is 14.4. The molecule has 0 bridgehead atoms. The topological polar surface area (TPSA) is 104 Å². The number of H-pyrrole nitrogens is 1. The van der Waals surface area contributed by atoms with Crippen LogP contribution in [0.4, 0.5) is 0 Å². The maximum atomic E-state index is 13.1. The highest BCUT2D eigenvalue weighted by atomic mass is 16.5. The van der Waals surface area contributed by atoms with Gasteiger partial charge < -0.3 is 24.9 Å². The number of aromatic nitrogens is 1. The Labute approximate surface area is 166 Å². The molecule has 0 spiro atoms. The summed E-state index contributed by atoms with van der Waals surface area (Å²) in [7, 11) is 1.53. The third kappa shape index (κ3) is 3.00. The van der Waals surface area contributed by atoms with Gasteiger partial charge in [0.15, 0.2) is 0 Å². The van der Waals surface area contributed by atoms with Crippen LogP contribution in [-0.4, -0.2) is 24.7 Å². The minimum absolute atomic E-state index is 0.0737. The molecule has 0 saturated carbocycles. The van der Waals surface area contributed by atoms with Gasteiger partial charge in [-0.05, 0) is 25.1 Å². The van der Waals surface area contributed by atoms with Gasteiger partial charge in [0.2, 0.25) is 5.88 Å². The fourth-order valence-corrected chi connectivity index (χ4v) is 3.69. The van der Waals surface area contributed by atoms with Crippen molar-refractivity contribution < 1.29 is 19.0 Å². The summed E-state index contributed by atoms with van der Waals surface area (Å²) in [4.78, 5) is 28.8. The van der Waals surface area contributed by atoms with Crippen molar-refractivity contribution in [3.05, 3.63) is 81.5 Å². The zero-order valence-electron chi connectivity index (χ0n) is 16.0. The molecule has 3 N–H and O–H groups in total. The van der Waals surface area contributed by atoms with Crippen LogP contribution >= 0.6 is 0 Å². The van der Waals surface area contributed by atoms with Crippen molar-refractivity contribution in [2.24, 2.45) is 5.73 Å². The second-order valence-electron chi connectivity index (χ2n) is 6.52. The Morgan fingerprint density at radius 2 is 1.90 bits per heavy atom. The van der Waals surface area contributed by atoms with Crippen molar-refractivity contribution in [1.29, 1.82) is 0 Å². The van der Waals surface area contributed by atoms with E-state index < -0.39 is 11.9 Å². The van der Waals surface area contributed by atoms with Crippen LogP contribution in [0.1, 0.15) is 24.0 Å². The van der Waals surface area contributed by atoms with Crippen LogP contribution in [0, 0.1) is 0 Å². The monoisotopic (exact) mass is 392 g/mol. The molecule has 4 rings (SSSR count). The number of hydrogen-bond donors (Lipinski definition) is 2. The number of benzene rings is 2. The molecule has 2 heterocycles. The Morgan fingerprint density at radius 3 is 2.66 bits per heavy atom. The third-order valence-corrected chi connectivity index (χ3v) is 4.91. The molecule has 1 aromatic heterocycles. The number of nitrogens with one attached hydrogen (secondary N) is 1. The first-order valence-corrected chi connectivity index (χ1v) is 9.19. The molecule has 7 nitrogen and oxygen atoms in total. The van der Waals surface area contributed by atoms with Gasteiger partial charge in [-0.1, -0.05) is 30.3 Å². The number of rotatable bonds is 4. The molecule has 1 aliphatic heterocycles. The summed E-state index contributed by atoms with van der Waals surface area (Å²) in [5, 5.41) is 0.688. The Kier molecular flexibility index (Phi) is 4.72. The Hall–Kier alpha value is -3.74. The maximum absolute atomic E-state index is 13.1. The molecule has 3 aromatic rings. The van der Waals surface area contributed by atoms with Crippen molar-refractivity contribution in [2.45, 2.75) is 12.8 Å². The van der Waals surface area contributed by atoms with Gasteiger partial charge >= 0.3 is 5.97 Å². The lowest BCUT2D eigenvalue weighted by Crippen LogP contribution is -2.32. The number of methoxy groups -OCH3 is 1. The lowest BCUT2D eigenvalue weighted by Gasteiger charge is -2.29. The first kappa shape index (κ1) is 18.6. The molecule has 0 aliphatic carbocycles. The highest BCUT2D eigenvalue weighted by Crippen LogP contribution is 2.45. The quantitative estimate of drug-likeness (QED) is 0.662. The van der Waals surface area contributed by atoms with Crippen molar-refractivity contribution in [3.8, 4) is 11.5 Å². The number of hydrogen-bond acceptors (Lipinski definition) is 6. The van der Waals surface area contributed by atoms with E-state index in [1.807, 2.05) is 24.3 Å². The maximum Gasteiger partial charge on any atom is 0.340 e. The summed E-state index contributed by atoms with van der Waals surface area (Å²) in [6.45, 7) is 1.86. The van der Waals surface area contributed by atoms with E-state index in [4.69, 9.17) is 19.9 Å². The molecular weight excluding hydrogens is 372 g/mol. The second kappa shape index (κ2) is 7.35. The number of carbonyl (C=O) groups excluding carboxylic acids is 1. The number of carbonyl (C=O) groups is 1. The predicted octanol–water partition coefficient (Wildman–Crippen LogP) is 2.79. The highest BCUT2D eigenvalue weighted by Gasteiger charge is 2.39. The predicted molar refractivity (Wildman–Crippen MR) is 108 cm³/mol. The van der Waals surface area contributed by atoms with Gasteiger partial charge in [0.1, 0.15) is 17.1 Å². The summed E-state index contributed by atoms with van der Waals surface area (Å²) in [6.07, 6.45) is 0.